The van der Waals surface area contributed by atoms with Crippen molar-refractivity contribution in [2.24, 2.45) is 5.92 Å². The van der Waals surface area contributed by atoms with E-state index in [1.807, 2.05) is 20.8 Å². The molecule has 2 N–H and O–H groups in total. The Morgan fingerprint density at radius 1 is 1.35 bits per heavy atom. The van der Waals surface area contributed by atoms with Crippen LogP contribution in [-0.4, -0.2) is 35.3 Å². The zero-order chi connectivity index (χ0) is 18.2. The maximum Gasteiger partial charge on any atom is 0.255 e. The minimum absolute atomic E-state index is 0. The summed E-state index contributed by atoms with van der Waals surface area (Å²) in [6.45, 7) is 8.12. The largest absolute Gasteiger partial charge is 0.352 e. The molecular weight excluding hydrogens is 362 g/mol. The van der Waals surface area contributed by atoms with Crippen LogP contribution in [0.5, 0.6) is 0 Å². The topological polar surface area (TPSA) is 59.0 Å². The number of hydrogen-bond donors (Lipinski definition) is 2. The number of carbonyl (C=O) groups is 1. The van der Waals surface area contributed by atoms with Gasteiger partial charge in [0, 0.05) is 43.4 Å². The molecule has 0 spiro atoms. The maximum atomic E-state index is 14.2. The van der Waals surface area contributed by atoms with E-state index in [1.54, 1.807) is 10.9 Å². The highest BCUT2D eigenvalue weighted by atomic mass is 35.5. The van der Waals surface area contributed by atoms with E-state index >= 15 is 0 Å². The Morgan fingerprint density at radius 2 is 2.04 bits per heavy atom. The second kappa shape index (κ2) is 7.72. The first-order chi connectivity index (χ1) is 11.8. The van der Waals surface area contributed by atoms with Crippen LogP contribution in [0.3, 0.4) is 0 Å². The third-order valence-electron chi connectivity index (χ3n) is 4.25. The van der Waals surface area contributed by atoms with E-state index in [-0.39, 0.29) is 40.7 Å². The minimum Gasteiger partial charge on any atom is -0.352 e. The molecule has 142 valence electrons. The molecule has 1 aromatic carbocycles. The number of carbonyl (C=O) groups excluding carboxylic acids is 1. The lowest BCUT2D eigenvalue weighted by atomic mass is 10.0. The number of aromatic nitrogens is 2. The van der Waals surface area contributed by atoms with E-state index < -0.39 is 11.6 Å². The molecular formula is C18H23ClF2N4O. The first-order valence-electron chi connectivity index (χ1n) is 8.30. The highest BCUT2D eigenvalue weighted by Crippen LogP contribution is 2.28. The summed E-state index contributed by atoms with van der Waals surface area (Å²) in [6, 6.07) is 3.27. The molecule has 0 saturated carbocycles. The van der Waals surface area contributed by atoms with Gasteiger partial charge in [0.05, 0.1) is 11.1 Å². The predicted octanol–water partition coefficient (Wildman–Crippen LogP) is 2.95. The van der Waals surface area contributed by atoms with Gasteiger partial charge in [0.15, 0.2) is 0 Å². The zero-order valence-corrected chi connectivity index (χ0v) is 15.8. The molecule has 0 radical (unpaired) electrons. The van der Waals surface area contributed by atoms with Gasteiger partial charge in [-0.1, -0.05) is 0 Å². The van der Waals surface area contributed by atoms with Crippen molar-refractivity contribution in [2.45, 2.75) is 26.3 Å². The fourth-order valence-electron chi connectivity index (χ4n) is 2.59. The molecule has 0 aliphatic carbocycles. The number of rotatable bonds is 4. The van der Waals surface area contributed by atoms with Crippen LogP contribution in [0.15, 0.2) is 24.4 Å². The van der Waals surface area contributed by atoms with Gasteiger partial charge >= 0.3 is 0 Å². The first kappa shape index (κ1) is 20.3. The van der Waals surface area contributed by atoms with Crippen LogP contribution in [0.2, 0.25) is 0 Å². The van der Waals surface area contributed by atoms with Crippen molar-refractivity contribution in [1.82, 2.24) is 20.4 Å². The molecule has 1 aromatic heterocycles. The van der Waals surface area contributed by atoms with Gasteiger partial charge in [-0.15, -0.1) is 12.4 Å². The zero-order valence-electron chi connectivity index (χ0n) is 15.0. The molecule has 1 saturated heterocycles. The lowest BCUT2D eigenvalue weighted by Gasteiger charge is -2.27. The Morgan fingerprint density at radius 3 is 2.58 bits per heavy atom. The highest BCUT2D eigenvalue weighted by Gasteiger charge is 2.25. The molecule has 0 unspecified atom stereocenters. The quantitative estimate of drug-likeness (QED) is 0.852. The van der Waals surface area contributed by atoms with Crippen molar-refractivity contribution in [2.75, 3.05) is 19.6 Å². The summed E-state index contributed by atoms with van der Waals surface area (Å²) >= 11 is 0. The van der Waals surface area contributed by atoms with Crippen LogP contribution >= 0.6 is 12.4 Å². The fraction of sp³-hybridized carbons (Fsp3) is 0.444. The Bertz CT molecular complexity index is 797. The Hall–Kier alpha value is -1.99. The van der Waals surface area contributed by atoms with Crippen molar-refractivity contribution in [3.8, 4) is 11.3 Å². The molecule has 8 heteroatoms. The van der Waals surface area contributed by atoms with E-state index in [4.69, 9.17) is 0 Å². The second-order valence-corrected chi connectivity index (χ2v) is 7.37. The van der Waals surface area contributed by atoms with Gasteiger partial charge in [-0.2, -0.15) is 5.10 Å². The molecule has 2 aromatic rings. The number of hydrogen-bond acceptors (Lipinski definition) is 3. The smallest absolute Gasteiger partial charge is 0.255 e. The maximum absolute atomic E-state index is 14.2. The van der Waals surface area contributed by atoms with E-state index in [0.717, 1.165) is 25.2 Å². The molecule has 26 heavy (non-hydrogen) atoms. The lowest BCUT2D eigenvalue weighted by Crippen LogP contribution is -2.48. The average molecular weight is 385 g/mol. The SMILES string of the molecule is CC(C)(C)n1cc(C(=O)NCC2CNC2)c(-c2ccc(F)cc2F)n1.Cl. The summed E-state index contributed by atoms with van der Waals surface area (Å²) in [5.41, 5.74) is 0.242. The summed E-state index contributed by atoms with van der Waals surface area (Å²) in [7, 11) is 0. The second-order valence-electron chi connectivity index (χ2n) is 7.37. The van der Waals surface area contributed by atoms with Gasteiger partial charge in [-0.3, -0.25) is 9.48 Å². The monoisotopic (exact) mass is 384 g/mol. The molecule has 1 fully saturated rings. The summed E-state index contributed by atoms with van der Waals surface area (Å²) in [5.74, 6) is -1.30. The van der Waals surface area contributed by atoms with Crippen molar-refractivity contribution >= 4 is 18.3 Å². The molecule has 0 atom stereocenters. The molecule has 1 aliphatic heterocycles. The molecule has 1 aliphatic rings. The normalized spacial score (nSPS) is 14.5. The first-order valence-corrected chi connectivity index (χ1v) is 8.30. The number of amides is 1. The van der Waals surface area contributed by atoms with Gasteiger partial charge in [0.1, 0.15) is 17.3 Å². The van der Waals surface area contributed by atoms with Crippen molar-refractivity contribution in [3.05, 3.63) is 41.6 Å². The Kier molecular flexibility index (Phi) is 6.03. The summed E-state index contributed by atoms with van der Waals surface area (Å²) in [4.78, 5) is 12.6. The molecule has 2 heterocycles. The molecule has 0 bridgehead atoms. The van der Waals surface area contributed by atoms with E-state index in [2.05, 4.69) is 15.7 Å². The van der Waals surface area contributed by atoms with E-state index in [1.165, 1.54) is 6.07 Å². The standard InChI is InChI=1S/C18H22F2N4O.ClH/c1-18(2,3)24-10-14(17(25)22-9-11-7-21-8-11)16(23-24)13-5-4-12(19)6-15(13)20;/h4-6,10-11,21H,7-9H2,1-3H3,(H,22,25);1H. The van der Waals surface area contributed by atoms with Crippen molar-refractivity contribution in [1.29, 1.82) is 0 Å². The van der Waals surface area contributed by atoms with Crippen LogP contribution in [0.25, 0.3) is 11.3 Å². The van der Waals surface area contributed by atoms with Gasteiger partial charge in [-0.25, -0.2) is 8.78 Å². The minimum atomic E-state index is -0.739. The number of nitrogens with zero attached hydrogens (tertiary/aromatic N) is 2. The number of halogens is 3. The molecule has 3 rings (SSSR count). The van der Waals surface area contributed by atoms with Crippen LogP contribution in [0, 0.1) is 17.6 Å². The van der Waals surface area contributed by atoms with Crippen LogP contribution < -0.4 is 10.6 Å². The molecule has 5 nitrogen and oxygen atoms in total. The summed E-state index contributed by atoms with van der Waals surface area (Å²) in [6.07, 6.45) is 1.62. The Balaban J connectivity index is 0.00000243. The van der Waals surface area contributed by atoms with Crippen molar-refractivity contribution in [3.63, 3.8) is 0 Å². The van der Waals surface area contributed by atoms with Gasteiger partial charge in [0.25, 0.3) is 5.91 Å². The van der Waals surface area contributed by atoms with Gasteiger partial charge < -0.3 is 10.6 Å². The van der Waals surface area contributed by atoms with E-state index in [9.17, 15) is 13.6 Å². The Labute approximate surface area is 157 Å². The van der Waals surface area contributed by atoms with Gasteiger partial charge in [0.2, 0.25) is 0 Å². The summed E-state index contributed by atoms with van der Waals surface area (Å²) < 4.78 is 29.1. The lowest BCUT2D eigenvalue weighted by molar-refractivity contribution is 0.0942. The van der Waals surface area contributed by atoms with Crippen LogP contribution in [0.1, 0.15) is 31.1 Å². The van der Waals surface area contributed by atoms with E-state index in [0.29, 0.717) is 12.5 Å². The highest BCUT2D eigenvalue weighted by molar-refractivity contribution is 5.99. The van der Waals surface area contributed by atoms with Crippen LogP contribution in [-0.2, 0) is 5.54 Å². The van der Waals surface area contributed by atoms with Crippen molar-refractivity contribution < 1.29 is 13.6 Å². The molecule has 1 amide bonds. The van der Waals surface area contributed by atoms with Gasteiger partial charge in [-0.05, 0) is 32.9 Å². The predicted molar refractivity (Wildman–Crippen MR) is 98.5 cm³/mol. The summed E-state index contributed by atoms with van der Waals surface area (Å²) in [5, 5.41) is 10.4. The number of nitrogens with one attached hydrogen (secondary N) is 2. The fourth-order valence-corrected chi connectivity index (χ4v) is 2.59. The number of benzene rings is 1. The third kappa shape index (κ3) is 4.22. The average Bonchev–Trinajstić information content (AvgIpc) is 2.90. The third-order valence-corrected chi connectivity index (χ3v) is 4.25. The van der Waals surface area contributed by atoms with Crippen LogP contribution in [0.4, 0.5) is 8.78 Å².